The minimum absolute atomic E-state index is 0.169. The number of nitrogens with one attached hydrogen (secondary N) is 2. The van der Waals surface area contributed by atoms with E-state index in [1.807, 2.05) is 19.0 Å². The zero-order valence-corrected chi connectivity index (χ0v) is 19.5. The predicted octanol–water partition coefficient (Wildman–Crippen LogP) is 3.38. The van der Waals surface area contributed by atoms with E-state index in [1.165, 1.54) is 0 Å². The number of rotatable bonds is 4. The lowest BCUT2D eigenvalue weighted by molar-refractivity contribution is 0.0978. The molecule has 0 saturated carbocycles. The Hall–Kier alpha value is -3.95. The highest BCUT2D eigenvalue weighted by atomic mass is 32.1. The fourth-order valence-electron chi connectivity index (χ4n) is 4.21. The third-order valence-corrected chi connectivity index (χ3v) is 6.91. The Labute approximate surface area is 198 Å². The second kappa shape index (κ2) is 8.12. The summed E-state index contributed by atoms with van der Waals surface area (Å²) in [6.07, 6.45) is 0. The number of fused-ring (bicyclic) bond motifs is 3. The molecule has 2 aromatic heterocycles. The van der Waals surface area contributed by atoms with Crippen LogP contribution in [0.4, 0.5) is 5.69 Å². The zero-order valence-electron chi connectivity index (χ0n) is 18.7. The quantitative estimate of drug-likeness (QED) is 0.415. The van der Waals surface area contributed by atoms with Crippen LogP contribution in [-0.2, 0) is 6.54 Å². The van der Waals surface area contributed by atoms with E-state index in [-0.39, 0.29) is 33.9 Å². The predicted molar refractivity (Wildman–Crippen MR) is 130 cm³/mol. The number of hydrogen-bond donors (Lipinski definition) is 2. The van der Waals surface area contributed by atoms with Crippen molar-refractivity contribution in [2.45, 2.75) is 13.5 Å². The number of amides is 1. The monoisotopic (exact) mass is 472 g/mol. The van der Waals surface area contributed by atoms with Crippen molar-refractivity contribution in [3.8, 4) is 0 Å². The van der Waals surface area contributed by atoms with Gasteiger partial charge in [-0.3, -0.25) is 19.2 Å². The van der Waals surface area contributed by atoms with E-state index in [0.29, 0.717) is 44.2 Å². The van der Waals surface area contributed by atoms with Crippen molar-refractivity contribution in [2.24, 2.45) is 0 Å². The summed E-state index contributed by atoms with van der Waals surface area (Å²) in [6.45, 7) is 2.15. The standard InChI is InChI=1S/C25H20N4O4S/c1-12-18-23(32)27-17(11-29(2)3)28-25(18)34-22(12)24(33)26-16-10-6-9-15-19(16)21(31)14-8-5-4-7-13(14)20(15)30/h4-10H,11H2,1-3H3,(H,26,33)(H,27,28,32). The molecular weight excluding hydrogens is 452 g/mol. The normalized spacial score (nSPS) is 12.7. The van der Waals surface area contributed by atoms with Gasteiger partial charge in [0.25, 0.3) is 11.5 Å². The van der Waals surface area contributed by atoms with Gasteiger partial charge in [-0.05, 0) is 32.6 Å². The van der Waals surface area contributed by atoms with Gasteiger partial charge >= 0.3 is 0 Å². The second-order valence-electron chi connectivity index (χ2n) is 8.37. The number of aromatic nitrogens is 2. The topological polar surface area (TPSA) is 112 Å². The van der Waals surface area contributed by atoms with E-state index in [4.69, 9.17) is 0 Å². The van der Waals surface area contributed by atoms with Crippen LogP contribution < -0.4 is 10.9 Å². The van der Waals surface area contributed by atoms with E-state index in [1.54, 1.807) is 49.4 Å². The Morgan fingerprint density at radius 3 is 2.38 bits per heavy atom. The molecule has 1 aliphatic rings. The Bertz CT molecular complexity index is 1580. The highest BCUT2D eigenvalue weighted by Gasteiger charge is 2.32. The second-order valence-corrected chi connectivity index (χ2v) is 9.37. The van der Waals surface area contributed by atoms with Gasteiger partial charge in [-0.25, -0.2) is 4.98 Å². The summed E-state index contributed by atoms with van der Waals surface area (Å²) in [6, 6.07) is 11.5. The molecule has 1 amide bonds. The largest absolute Gasteiger partial charge is 0.321 e. The van der Waals surface area contributed by atoms with E-state index in [2.05, 4.69) is 15.3 Å². The first kappa shape index (κ1) is 21.9. The van der Waals surface area contributed by atoms with Crippen LogP contribution >= 0.6 is 11.3 Å². The number of benzene rings is 2. The SMILES string of the molecule is Cc1c(C(=O)Nc2cccc3c2C(=O)c2ccccc2C3=O)sc2nc(CN(C)C)[nH]c(=O)c12. The van der Waals surface area contributed by atoms with Crippen molar-refractivity contribution in [3.63, 3.8) is 0 Å². The fourth-order valence-corrected chi connectivity index (χ4v) is 5.30. The zero-order chi connectivity index (χ0) is 24.1. The molecule has 8 nitrogen and oxygen atoms in total. The maximum atomic E-state index is 13.3. The van der Waals surface area contributed by atoms with Gasteiger partial charge in [-0.1, -0.05) is 36.4 Å². The number of H-pyrrole nitrogens is 1. The lowest BCUT2D eigenvalue weighted by atomic mass is 9.83. The Balaban J connectivity index is 1.55. The van der Waals surface area contributed by atoms with Gasteiger partial charge in [0.2, 0.25) is 0 Å². The average Bonchev–Trinajstić information content (AvgIpc) is 3.13. The van der Waals surface area contributed by atoms with Crippen LogP contribution in [0, 0.1) is 6.92 Å². The molecule has 0 aliphatic heterocycles. The number of carbonyl (C=O) groups is 3. The lowest BCUT2D eigenvalue weighted by Gasteiger charge is -2.20. The highest BCUT2D eigenvalue weighted by Crippen LogP contribution is 2.33. The minimum atomic E-state index is -0.471. The molecule has 34 heavy (non-hydrogen) atoms. The number of anilines is 1. The third kappa shape index (κ3) is 3.46. The van der Waals surface area contributed by atoms with Crippen LogP contribution in [0.25, 0.3) is 10.2 Å². The number of aryl methyl sites for hydroxylation is 1. The van der Waals surface area contributed by atoms with Crippen LogP contribution in [0.1, 0.15) is 52.9 Å². The van der Waals surface area contributed by atoms with Gasteiger partial charge in [0.05, 0.1) is 28.1 Å². The molecule has 0 bridgehead atoms. The summed E-state index contributed by atoms with van der Waals surface area (Å²) in [5, 5.41) is 3.15. The maximum absolute atomic E-state index is 13.3. The molecule has 0 radical (unpaired) electrons. The Morgan fingerprint density at radius 2 is 1.68 bits per heavy atom. The molecule has 0 atom stereocenters. The van der Waals surface area contributed by atoms with Crippen LogP contribution in [0.2, 0.25) is 0 Å². The van der Waals surface area contributed by atoms with E-state index >= 15 is 0 Å². The van der Waals surface area contributed by atoms with Gasteiger partial charge in [-0.15, -0.1) is 11.3 Å². The average molecular weight is 473 g/mol. The molecule has 2 N–H and O–H groups in total. The molecule has 0 fully saturated rings. The fraction of sp³-hybridized carbons (Fsp3) is 0.160. The van der Waals surface area contributed by atoms with E-state index in [0.717, 1.165) is 11.3 Å². The summed E-state index contributed by atoms with van der Waals surface area (Å²) < 4.78 is 0. The smallest absolute Gasteiger partial charge is 0.266 e. The van der Waals surface area contributed by atoms with Gasteiger partial charge in [0.1, 0.15) is 10.7 Å². The number of hydrogen-bond acceptors (Lipinski definition) is 7. The lowest BCUT2D eigenvalue weighted by Crippen LogP contribution is -2.23. The van der Waals surface area contributed by atoms with E-state index in [9.17, 15) is 19.2 Å². The summed E-state index contributed by atoms with van der Waals surface area (Å²) in [7, 11) is 3.74. The first-order chi connectivity index (χ1) is 16.3. The number of ketones is 2. The Morgan fingerprint density at radius 1 is 1.00 bits per heavy atom. The number of nitrogens with zero attached hydrogens (tertiary/aromatic N) is 2. The molecule has 0 unspecified atom stereocenters. The summed E-state index contributed by atoms with van der Waals surface area (Å²) in [5.41, 5.74) is 1.54. The van der Waals surface area contributed by atoms with Crippen molar-refractivity contribution in [2.75, 3.05) is 19.4 Å². The van der Waals surface area contributed by atoms with E-state index < -0.39 is 5.91 Å². The summed E-state index contributed by atoms with van der Waals surface area (Å²) >= 11 is 1.12. The van der Waals surface area contributed by atoms with Gasteiger partial charge in [0, 0.05) is 16.7 Å². The third-order valence-electron chi connectivity index (χ3n) is 5.72. The van der Waals surface area contributed by atoms with Crippen molar-refractivity contribution < 1.29 is 14.4 Å². The van der Waals surface area contributed by atoms with Crippen LogP contribution in [-0.4, -0.2) is 46.4 Å². The molecule has 9 heteroatoms. The van der Waals surface area contributed by atoms with Crippen molar-refractivity contribution in [1.29, 1.82) is 0 Å². The molecule has 2 aromatic carbocycles. The first-order valence-electron chi connectivity index (χ1n) is 10.6. The van der Waals surface area contributed by atoms with Gasteiger partial charge < -0.3 is 15.2 Å². The van der Waals surface area contributed by atoms with Crippen LogP contribution in [0.3, 0.4) is 0 Å². The number of carbonyl (C=O) groups excluding carboxylic acids is 3. The van der Waals surface area contributed by atoms with Gasteiger partial charge in [0.15, 0.2) is 11.6 Å². The number of aromatic amines is 1. The summed E-state index contributed by atoms with van der Waals surface area (Å²) in [5.74, 6) is -0.540. The molecule has 1 aliphatic carbocycles. The molecule has 0 spiro atoms. The van der Waals surface area contributed by atoms with Crippen LogP contribution in [0.5, 0.6) is 0 Å². The number of thiophene rings is 1. The van der Waals surface area contributed by atoms with Crippen molar-refractivity contribution >= 4 is 44.7 Å². The molecule has 2 heterocycles. The van der Waals surface area contributed by atoms with Crippen molar-refractivity contribution in [3.05, 3.63) is 91.3 Å². The maximum Gasteiger partial charge on any atom is 0.266 e. The molecule has 170 valence electrons. The summed E-state index contributed by atoms with van der Waals surface area (Å²) in [4.78, 5) is 62.0. The molecule has 0 saturated heterocycles. The van der Waals surface area contributed by atoms with Gasteiger partial charge in [-0.2, -0.15) is 0 Å². The Kier molecular flexibility index (Phi) is 5.22. The van der Waals surface area contributed by atoms with Crippen LogP contribution in [0.15, 0.2) is 47.3 Å². The van der Waals surface area contributed by atoms with Crippen molar-refractivity contribution in [1.82, 2.24) is 14.9 Å². The first-order valence-corrected chi connectivity index (χ1v) is 11.4. The molecule has 5 rings (SSSR count). The molecular formula is C25H20N4O4S. The molecule has 4 aromatic rings. The minimum Gasteiger partial charge on any atom is -0.321 e. The highest BCUT2D eigenvalue weighted by molar-refractivity contribution is 7.20.